The Labute approximate surface area is 151 Å². The summed E-state index contributed by atoms with van der Waals surface area (Å²) >= 11 is 0. The molecule has 0 aromatic heterocycles. The summed E-state index contributed by atoms with van der Waals surface area (Å²) in [5.74, 6) is -0.364. The van der Waals surface area contributed by atoms with Crippen LogP contribution in [0.4, 0.5) is 4.39 Å². The Hall–Kier alpha value is -1.71. The van der Waals surface area contributed by atoms with Gasteiger partial charge in [-0.25, -0.2) is 4.39 Å². The molecule has 2 aromatic rings. The van der Waals surface area contributed by atoms with Gasteiger partial charge in [0.05, 0.1) is 5.60 Å². The zero-order valence-electron chi connectivity index (χ0n) is 16.2. The van der Waals surface area contributed by atoms with E-state index in [4.69, 9.17) is 0 Å². The number of hydrogen-bond acceptors (Lipinski definition) is 2. The highest BCUT2D eigenvalue weighted by molar-refractivity contribution is 5.30. The van der Waals surface area contributed by atoms with Crippen molar-refractivity contribution in [3.63, 3.8) is 0 Å². The molecule has 0 spiro atoms. The van der Waals surface area contributed by atoms with Crippen LogP contribution in [0.2, 0.25) is 0 Å². The predicted molar refractivity (Wildman–Crippen MR) is 102 cm³/mol. The third-order valence-electron chi connectivity index (χ3n) is 4.41. The highest BCUT2D eigenvalue weighted by Crippen LogP contribution is 2.25. The summed E-state index contributed by atoms with van der Waals surface area (Å²) in [5.41, 5.74) is 2.89. The van der Waals surface area contributed by atoms with E-state index in [1.807, 2.05) is 7.05 Å². The lowest BCUT2D eigenvalue weighted by Gasteiger charge is -2.22. The summed E-state index contributed by atoms with van der Waals surface area (Å²) in [6.07, 6.45) is 0. The molecular formula is C22H30FNO. The number of rotatable bonds is 5. The SMILES string of the molecule is CN(Cc1ccc(C(C)(C)C)cc1)Cc1ccc(F)c(C(C)(C)O)c1. The monoisotopic (exact) mass is 343 g/mol. The van der Waals surface area contributed by atoms with Crippen LogP contribution in [0.25, 0.3) is 0 Å². The topological polar surface area (TPSA) is 23.5 Å². The van der Waals surface area contributed by atoms with Crippen LogP contribution < -0.4 is 0 Å². The van der Waals surface area contributed by atoms with Crippen LogP contribution in [0.1, 0.15) is 56.9 Å². The van der Waals surface area contributed by atoms with Gasteiger partial charge in [0.1, 0.15) is 5.82 Å². The van der Waals surface area contributed by atoms with E-state index in [-0.39, 0.29) is 11.2 Å². The molecule has 0 radical (unpaired) electrons. The second-order valence-corrected chi connectivity index (χ2v) is 8.49. The van der Waals surface area contributed by atoms with Crippen LogP contribution >= 0.6 is 0 Å². The molecule has 25 heavy (non-hydrogen) atoms. The number of aliphatic hydroxyl groups is 1. The van der Waals surface area contributed by atoms with Crippen molar-refractivity contribution in [2.24, 2.45) is 0 Å². The fraction of sp³-hybridized carbons (Fsp3) is 0.455. The van der Waals surface area contributed by atoms with Gasteiger partial charge >= 0.3 is 0 Å². The lowest BCUT2D eigenvalue weighted by molar-refractivity contribution is 0.0744. The molecule has 0 saturated heterocycles. The molecule has 0 unspecified atom stereocenters. The second kappa shape index (κ2) is 7.27. The van der Waals surface area contributed by atoms with Crippen LogP contribution in [-0.4, -0.2) is 17.1 Å². The summed E-state index contributed by atoms with van der Waals surface area (Å²) in [6, 6.07) is 13.7. The lowest BCUT2D eigenvalue weighted by Crippen LogP contribution is -2.20. The lowest BCUT2D eigenvalue weighted by atomic mass is 9.87. The Kier molecular flexibility index (Phi) is 5.70. The number of nitrogens with zero attached hydrogens (tertiary/aromatic N) is 1. The van der Waals surface area contributed by atoms with Crippen molar-refractivity contribution in [2.75, 3.05) is 7.05 Å². The quantitative estimate of drug-likeness (QED) is 0.827. The molecule has 0 atom stereocenters. The van der Waals surface area contributed by atoms with E-state index >= 15 is 0 Å². The highest BCUT2D eigenvalue weighted by atomic mass is 19.1. The number of hydrogen-bond donors (Lipinski definition) is 1. The van der Waals surface area contributed by atoms with E-state index in [1.54, 1.807) is 26.0 Å². The van der Waals surface area contributed by atoms with E-state index < -0.39 is 5.60 Å². The maximum atomic E-state index is 13.9. The van der Waals surface area contributed by atoms with Gasteiger partial charge in [0, 0.05) is 18.7 Å². The van der Waals surface area contributed by atoms with Crippen molar-refractivity contribution in [3.05, 3.63) is 70.5 Å². The van der Waals surface area contributed by atoms with Gasteiger partial charge in [-0.1, -0.05) is 51.1 Å². The van der Waals surface area contributed by atoms with Gasteiger partial charge < -0.3 is 5.11 Å². The molecule has 0 fully saturated rings. The third-order valence-corrected chi connectivity index (χ3v) is 4.41. The minimum atomic E-state index is -1.18. The first-order chi connectivity index (χ1) is 11.5. The molecule has 0 aliphatic carbocycles. The van der Waals surface area contributed by atoms with Gasteiger partial charge in [0.15, 0.2) is 0 Å². The fourth-order valence-electron chi connectivity index (χ4n) is 2.93. The Bertz CT molecular complexity index is 708. The predicted octanol–water partition coefficient (Wildman–Crippen LogP) is 4.98. The molecule has 0 amide bonds. The average molecular weight is 343 g/mol. The summed E-state index contributed by atoms with van der Waals surface area (Å²) in [6.45, 7) is 11.4. The van der Waals surface area contributed by atoms with E-state index in [0.29, 0.717) is 12.1 Å². The molecule has 3 heteroatoms. The van der Waals surface area contributed by atoms with Crippen molar-refractivity contribution in [1.29, 1.82) is 0 Å². The zero-order chi connectivity index (χ0) is 18.8. The Morgan fingerprint density at radius 2 is 1.40 bits per heavy atom. The molecule has 0 saturated carbocycles. The summed E-state index contributed by atoms with van der Waals surface area (Å²) in [4.78, 5) is 2.19. The van der Waals surface area contributed by atoms with E-state index in [9.17, 15) is 9.50 Å². The van der Waals surface area contributed by atoms with Crippen LogP contribution in [0, 0.1) is 5.82 Å². The number of halogens is 1. The normalized spacial score (nSPS) is 12.7. The first-order valence-electron chi connectivity index (χ1n) is 8.76. The van der Waals surface area contributed by atoms with Crippen molar-refractivity contribution in [3.8, 4) is 0 Å². The molecule has 136 valence electrons. The first kappa shape index (κ1) is 19.6. The largest absolute Gasteiger partial charge is 0.386 e. The van der Waals surface area contributed by atoms with E-state index in [2.05, 4.69) is 49.9 Å². The summed E-state index contributed by atoms with van der Waals surface area (Å²) in [5, 5.41) is 10.1. The second-order valence-electron chi connectivity index (χ2n) is 8.49. The Morgan fingerprint density at radius 1 is 0.880 bits per heavy atom. The molecule has 0 heterocycles. The van der Waals surface area contributed by atoms with Gasteiger partial charge in [-0.2, -0.15) is 0 Å². The molecule has 0 bridgehead atoms. The van der Waals surface area contributed by atoms with Crippen LogP contribution in [0.3, 0.4) is 0 Å². The van der Waals surface area contributed by atoms with Gasteiger partial charge in [0.2, 0.25) is 0 Å². The zero-order valence-corrected chi connectivity index (χ0v) is 16.2. The van der Waals surface area contributed by atoms with Crippen LogP contribution in [-0.2, 0) is 24.1 Å². The van der Waals surface area contributed by atoms with E-state index in [0.717, 1.165) is 12.1 Å². The van der Waals surface area contributed by atoms with Gasteiger partial charge in [0.25, 0.3) is 0 Å². The Balaban J connectivity index is 2.06. The minimum Gasteiger partial charge on any atom is -0.386 e. The molecule has 2 aromatic carbocycles. The van der Waals surface area contributed by atoms with Crippen molar-refractivity contribution in [1.82, 2.24) is 4.90 Å². The van der Waals surface area contributed by atoms with Crippen molar-refractivity contribution in [2.45, 2.75) is 58.7 Å². The molecule has 2 rings (SSSR count). The minimum absolute atomic E-state index is 0.159. The van der Waals surface area contributed by atoms with Crippen LogP contribution in [0.5, 0.6) is 0 Å². The van der Waals surface area contributed by atoms with Crippen molar-refractivity contribution < 1.29 is 9.50 Å². The van der Waals surface area contributed by atoms with Gasteiger partial charge in [-0.05, 0) is 55.1 Å². The molecule has 0 aliphatic heterocycles. The molecule has 0 aliphatic rings. The molecule has 2 nitrogen and oxygen atoms in total. The maximum Gasteiger partial charge on any atom is 0.129 e. The smallest absolute Gasteiger partial charge is 0.129 e. The van der Waals surface area contributed by atoms with Gasteiger partial charge in [-0.3, -0.25) is 4.90 Å². The average Bonchev–Trinajstić information content (AvgIpc) is 2.47. The standard InChI is InChI=1S/C22H30FNO/c1-21(2,3)18-10-7-16(8-11-18)14-24(6)15-17-9-12-20(23)19(13-17)22(4,5)25/h7-13,25H,14-15H2,1-6H3. The highest BCUT2D eigenvalue weighted by Gasteiger charge is 2.21. The van der Waals surface area contributed by atoms with Crippen LogP contribution in [0.15, 0.2) is 42.5 Å². The summed E-state index contributed by atoms with van der Waals surface area (Å²) < 4.78 is 13.9. The van der Waals surface area contributed by atoms with E-state index in [1.165, 1.54) is 17.2 Å². The summed E-state index contributed by atoms with van der Waals surface area (Å²) in [7, 11) is 2.05. The number of benzene rings is 2. The first-order valence-corrected chi connectivity index (χ1v) is 8.76. The third kappa shape index (κ3) is 5.38. The fourth-order valence-corrected chi connectivity index (χ4v) is 2.93. The van der Waals surface area contributed by atoms with Gasteiger partial charge in [-0.15, -0.1) is 0 Å². The molecular weight excluding hydrogens is 313 g/mol. The molecule has 1 N–H and O–H groups in total. The maximum absolute atomic E-state index is 13.9. The Morgan fingerprint density at radius 3 is 1.92 bits per heavy atom. The van der Waals surface area contributed by atoms with Crippen molar-refractivity contribution >= 4 is 0 Å².